The largest absolute Gasteiger partial charge is 0.300 e. The molecule has 1 aliphatic rings. The van der Waals surface area contributed by atoms with Gasteiger partial charge >= 0.3 is 0 Å². The van der Waals surface area contributed by atoms with Crippen molar-refractivity contribution in [2.75, 3.05) is 19.6 Å². The highest BCUT2D eigenvalue weighted by atomic mass is 15.1. The zero-order valence-electron chi connectivity index (χ0n) is 10.1. The van der Waals surface area contributed by atoms with E-state index in [0.717, 1.165) is 5.92 Å². The molecule has 0 aliphatic carbocycles. The Morgan fingerprint density at radius 3 is 2.93 bits per heavy atom. The summed E-state index contributed by atoms with van der Waals surface area (Å²) in [6.07, 6.45) is 7.88. The van der Waals surface area contributed by atoms with E-state index in [4.69, 9.17) is 0 Å². The third-order valence-corrected chi connectivity index (χ3v) is 3.24. The molecule has 0 saturated carbocycles. The maximum absolute atomic E-state index is 2.56. The van der Waals surface area contributed by atoms with Crippen LogP contribution in [0.1, 0.15) is 46.5 Å². The number of nitrogens with zero attached hydrogens (tertiary/aromatic N) is 1. The molecule has 0 amide bonds. The smallest absolute Gasteiger partial charge is 0.0189 e. The van der Waals surface area contributed by atoms with Crippen molar-refractivity contribution in [1.82, 2.24) is 4.90 Å². The van der Waals surface area contributed by atoms with E-state index in [2.05, 4.69) is 31.7 Å². The van der Waals surface area contributed by atoms with Crippen LogP contribution in [-0.4, -0.2) is 24.5 Å². The van der Waals surface area contributed by atoms with Crippen LogP contribution in [0.15, 0.2) is 11.6 Å². The van der Waals surface area contributed by atoms with Crippen molar-refractivity contribution < 1.29 is 0 Å². The highest BCUT2D eigenvalue weighted by Gasteiger charge is 2.07. The minimum absolute atomic E-state index is 0.913. The van der Waals surface area contributed by atoms with E-state index in [1.54, 1.807) is 5.57 Å². The summed E-state index contributed by atoms with van der Waals surface area (Å²) >= 11 is 0. The Morgan fingerprint density at radius 2 is 2.21 bits per heavy atom. The van der Waals surface area contributed by atoms with E-state index >= 15 is 0 Å². The van der Waals surface area contributed by atoms with Gasteiger partial charge in [0.15, 0.2) is 0 Å². The van der Waals surface area contributed by atoms with Gasteiger partial charge in [-0.1, -0.05) is 25.5 Å². The fourth-order valence-electron chi connectivity index (χ4n) is 2.19. The number of hydrogen-bond donors (Lipinski definition) is 0. The summed E-state index contributed by atoms with van der Waals surface area (Å²) in [7, 11) is 0. The van der Waals surface area contributed by atoms with Crippen molar-refractivity contribution in [1.29, 1.82) is 0 Å². The van der Waals surface area contributed by atoms with Gasteiger partial charge in [-0.05, 0) is 51.6 Å². The maximum Gasteiger partial charge on any atom is 0.0189 e. The zero-order chi connectivity index (χ0) is 10.4. The van der Waals surface area contributed by atoms with Crippen LogP contribution in [0.25, 0.3) is 0 Å². The topological polar surface area (TPSA) is 3.24 Å². The molecular formula is C13H25N. The predicted octanol–water partition coefficient (Wildman–Crippen LogP) is 3.46. The Balaban J connectivity index is 2.50. The van der Waals surface area contributed by atoms with Crippen molar-refractivity contribution in [3.8, 4) is 0 Å². The van der Waals surface area contributed by atoms with Gasteiger partial charge in [-0.15, -0.1) is 0 Å². The summed E-state index contributed by atoms with van der Waals surface area (Å²) in [5.41, 5.74) is 1.56. The lowest BCUT2D eigenvalue weighted by Gasteiger charge is -2.23. The Bertz CT molecular complexity index is 184. The Morgan fingerprint density at radius 1 is 1.43 bits per heavy atom. The summed E-state index contributed by atoms with van der Waals surface area (Å²) in [5.74, 6) is 0.913. The van der Waals surface area contributed by atoms with Crippen LogP contribution >= 0.6 is 0 Å². The average Bonchev–Trinajstić information content (AvgIpc) is 2.16. The second-order valence-electron chi connectivity index (χ2n) is 4.74. The Hall–Kier alpha value is -0.300. The second kappa shape index (κ2) is 6.23. The highest BCUT2D eigenvalue weighted by Crippen LogP contribution is 2.16. The monoisotopic (exact) mass is 195 g/mol. The van der Waals surface area contributed by atoms with Gasteiger partial charge in [-0.3, -0.25) is 4.90 Å². The van der Waals surface area contributed by atoms with Gasteiger partial charge in [0.05, 0.1) is 0 Å². The van der Waals surface area contributed by atoms with E-state index in [1.165, 1.54) is 45.3 Å². The molecule has 1 heterocycles. The van der Waals surface area contributed by atoms with E-state index in [-0.39, 0.29) is 0 Å². The summed E-state index contributed by atoms with van der Waals surface area (Å²) < 4.78 is 0. The van der Waals surface area contributed by atoms with Crippen LogP contribution in [-0.2, 0) is 0 Å². The van der Waals surface area contributed by atoms with Gasteiger partial charge in [-0.25, -0.2) is 0 Å². The first-order valence-corrected chi connectivity index (χ1v) is 6.10. The van der Waals surface area contributed by atoms with Crippen LogP contribution in [0.3, 0.4) is 0 Å². The van der Waals surface area contributed by atoms with Crippen molar-refractivity contribution in [2.24, 2.45) is 5.92 Å². The molecule has 1 nitrogen and oxygen atoms in total. The summed E-state index contributed by atoms with van der Waals surface area (Å²) in [5, 5.41) is 0. The first-order valence-electron chi connectivity index (χ1n) is 6.10. The molecular weight excluding hydrogens is 170 g/mol. The number of rotatable bonds is 1. The lowest BCUT2D eigenvalue weighted by atomic mass is 9.98. The van der Waals surface area contributed by atoms with Gasteiger partial charge in [0, 0.05) is 6.54 Å². The summed E-state index contributed by atoms with van der Waals surface area (Å²) in [4.78, 5) is 2.56. The third kappa shape index (κ3) is 4.28. The SMILES string of the molecule is CCN1CCC[C@@H](C)CC/C=C(/C)C1. The molecule has 1 atom stereocenters. The van der Waals surface area contributed by atoms with E-state index in [1.807, 2.05) is 0 Å². The van der Waals surface area contributed by atoms with Crippen molar-refractivity contribution >= 4 is 0 Å². The average molecular weight is 195 g/mol. The predicted molar refractivity (Wildman–Crippen MR) is 63.5 cm³/mol. The summed E-state index contributed by atoms with van der Waals surface area (Å²) in [6.45, 7) is 10.6. The van der Waals surface area contributed by atoms with E-state index in [9.17, 15) is 0 Å². The van der Waals surface area contributed by atoms with E-state index in [0.29, 0.717) is 0 Å². The van der Waals surface area contributed by atoms with Crippen molar-refractivity contribution in [3.63, 3.8) is 0 Å². The van der Waals surface area contributed by atoms with Gasteiger partial charge < -0.3 is 0 Å². The molecule has 1 aliphatic heterocycles. The fourth-order valence-corrected chi connectivity index (χ4v) is 2.19. The number of allylic oxidation sites excluding steroid dienone is 1. The molecule has 0 saturated heterocycles. The molecule has 1 heteroatoms. The lowest BCUT2D eigenvalue weighted by molar-refractivity contribution is 0.290. The molecule has 0 unspecified atom stereocenters. The first-order chi connectivity index (χ1) is 6.72. The molecule has 0 aromatic heterocycles. The van der Waals surface area contributed by atoms with Gasteiger partial charge in [-0.2, -0.15) is 0 Å². The van der Waals surface area contributed by atoms with Crippen molar-refractivity contribution in [2.45, 2.75) is 46.5 Å². The maximum atomic E-state index is 2.56. The van der Waals surface area contributed by atoms with Crippen molar-refractivity contribution in [3.05, 3.63) is 11.6 Å². The number of hydrogen-bond acceptors (Lipinski definition) is 1. The molecule has 1 rings (SSSR count). The van der Waals surface area contributed by atoms with E-state index < -0.39 is 0 Å². The minimum Gasteiger partial charge on any atom is -0.300 e. The van der Waals surface area contributed by atoms with Crippen LogP contribution in [0.4, 0.5) is 0 Å². The molecule has 82 valence electrons. The Labute approximate surface area is 89.2 Å². The minimum atomic E-state index is 0.913. The molecule has 14 heavy (non-hydrogen) atoms. The van der Waals surface area contributed by atoms with Crippen LogP contribution in [0.5, 0.6) is 0 Å². The van der Waals surface area contributed by atoms with Gasteiger partial charge in [0.2, 0.25) is 0 Å². The highest BCUT2D eigenvalue weighted by molar-refractivity contribution is 5.01. The standard InChI is InChI=1S/C13H25N/c1-4-14-10-6-9-12(2)7-5-8-13(3)11-14/h8,12H,4-7,9-11H2,1-3H3/b13-8-/t12-/m0/s1. The molecule has 0 radical (unpaired) electrons. The van der Waals surface area contributed by atoms with Gasteiger partial charge in [0.1, 0.15) is 0 Å². The third-order valence-electron chi connectivity index (χ3n) is 3.24. The normalized spacial score (nSPS) is 30.8. The second-order valence-corrected chi connectivity index (χ2v) is 4.74. The van der Waals surface area contributed by atoms with Crippen LogP contribution in [0.2, 0.25) is 0 Å². The fraction of sp³-hybridized carbons (Fsp3) is 0.846. The quantitative estimate of drug-likeness (QED) is 0.579. The molecule has 0 N–H and O–H groups in total. The first kappa shape index (κ1) is 11.8. The molecule has 0 bridgehead atoms. The lowest BCUT2D eigenvalue weighted by Crippen LogP contribution is -2.27. The van der Waals surface area contributed by atoms with Crippen LogP contribution in [0, 0.1) is 5.92 Å². The van der Waals surface area contributed by atoms with Crippen LogP contribution < -0.4 is 0 Å². The molecule has 0 spiro atoms. The Kier molecular flexibility index (Phi) is 5.24. The molecule has 0 aromatic rings. The molecule has 0 aromatic carbocycles. The number of likely N-dealkylation sites (N-methyl/N-ethyl adjacent to an activating group) is 1. The summed E-state index contributed by atoms with van der Waals surface area (Å²) in [6, 6.07) is 0. The molecule has 0 fully saturated rings. The zero-order valence-corrected chi connectivity index (χ0v) is 10.1. The van der Waals surface area contributed by atoms with Gasteiger partial charge in [0.25, 0.3) is 0 Å².